The van der Waals surface area contributed by atoms with Crippen molar-refractivity contribution in [2.45, 2.75) is 19.4 Å². The molecule has 1 N–H and O–H groups in total. The van der Waals surface area contributed by atoms with Crippen LogP contribution < -0.4 is 0 Å². The summed E-state index contributed by atoms with van der Waals surface area (Å²) in [6, 6.07) is 1.20. The number of aromatic nitrogens is 2. The highest BCUT2D eigenvalue weighted by atomic mass is 16.5. The van der Waals surface area contributed by atoms with E-state index in [0.29, 0.717) is 0 Å². The molecule has 0 saturated carbocycles. The Hall–Kier alpha value is -1.85. The summed E-state index contributed by atoms with van der Waals surface area (Å²) in [5.74, 6) is -1.44. The van der Waals surface area contributed by atoms with E-state index in [1.165, 1.54) is 17.9 Å². The summed E-state index contributed by atoms with van der Waals surface area (Å²) in [5.41, 5.74) is 0.176. The molecule has 82 valence electrons. The van der Waals surface area contributed by atoms with Gasteiger partial charge in [-0.3, -0.25) is 9.48 Å². The molecule has 0 fully saturated rings. The fraction of sp³-hybridized carbons (Fsp3) is 0.444. The average Bonchev–Trinajstić information content (AvgIpc) is 2.64. The number of carbonyl (C=O) groups excluding carboxylic acids is 1. The summed E-state index contributed by atoms with van der Waals surface area (Å²) in [6.45, 7) is 1.71. The van der Waals surface area contributed by atoms with E-state index in [1.807, 2.05) is 0 Å². The number of hydrogen-bond donors (Lipinski definition) is 1. The molecule has 0 spiro atoms. The number of esters is 1. The third kappa shape index (κ3) is 2.80. The predicted molar refractivity (Wildman–Crippen MR) is 50.5 cm³/mol. The second-order valence-corrected chi connectivity index (χ2v) is 3.12. The monoisotopic (exact) mass is 212 g/mol. The Balaban J connectivity index is 2.75. The minimum Gasteiger partial charge on any atom is -0.481 e. The zero-order valence-corrected chi connectivity index (χ0v) is 8.51. The SMILES string of the molecule is COC(=O)c1ccn([C@@H](C)CC(=O)O)n1. The molecule has 6 nitrogen and oxygen atoms in total. The van der Waals surface area contributed by atoms with E-state index in [4.69, 9.17) is 5.11 Å². The topological polar surface area (TPSA) is 81.4 Å². The van der Waals surface area contributed by atoms with Gasteiger partial charge in [0, 0.05) is 6.20 Å². The Bertz CT molecular complexity index is 372. The Morgan fingerprint density at radius 3 is 2.87 bits per heavy atom. The van der Waals surface area contributed by atoms with Crippen molar-refractivity contribution in [3.63, 3.8) is 0 Å². The van der Waals surface area contributed by atoms with Crippen LogP contribution in [0.2, 0.25) is 0 Å². The van der Waals surface area contributed by atoms with Gasteiger partial charge in [-0.15, -0.1) is 0 Å². The summed E-state index contributed by atoms with van der Waals surface area (Å²) in [5, 5.41) is 12.5. The smallest absolute Gasteiger partial charge is 0.358 e. The van der Waals surface area contributed by atoms with Crippen LogP contribution in [-0.4, -0.2) is 33.9 Å². The highest BCUT2D eigenvalue weighted by molar-refractivity contribution is 5.86. The molecule has 1 rings (SSSR count). The van der Waals surface area contributed by atoms with Crippen LogP contribution in [0.3, 0.4) is 0 Å². The lowest BCUT2D eigenvalue weighted by atomic mass is 10.2. The molecule has 0 radical (unpaired) electrons. The average molecular weight is 212 g/mol. The summed E-state index contributed by atoms with van der Waals surface area (Å²) in [4.78, 5) is 21.5. The Labute approximate surface area is 86.5 Å². The third-order valence-corrected chi connectivity index (χ3v) is 1.92. The third-order valence-electron chi connectivity index (χ3n) is 1.92. The maximum absolute atomic E-state index is 11.1. The molecule has 0 aromatic carbocycles. The highest BCUT2D eigenvalue weighted by Gasteiger charge is 2.14. The molecule has 0 unspecified atom stereocenters. The van der Waals surface area contributed by atoms with Gasteiger partial charge in [0.1, 0.15) is 0 Å². The van der Waals surface area contributed by atoms with E-state index >= 15 is 0 Å². The second-order valence-electron chi connectivity index (χ2n) is 3.12. The number of carboxylic acid groups (broad SMARTS) is 1. The first-order chi connectivity index (χ1) is 7.04. The first kappa shape index (κ1) is 11.2. The molecule has 0 bridgehead atoms. The fourth-order valence-corrected chi connectivity index (χ4v) is 1.14. The van der Waals surface area contributed by atoms with Gasteiger partial charge in [-0.25, -0.2) is 4.79 Å². The van der Waals surface area contributed by atoms with Gasteiger partial charge in [-0.2, -0.15) is 5.10 Å². The number of carbonyl (C=O) groups is 2. The molecule has 1 aromatic heterocycles. The summed E-state index contributed by atoms with van der Waals surface area (Å²) in [6.07, 6.45) is 1.52. The molecular formula is C9H12N2O4. The van der Waals surface area contributed by atoms with Gasteiger partial charge in [-0.1, -0.05) is 0 Å². The van der Waals surface area contributed by atoms with Crippen molar-refractivity contribution < 1.29 is 19.4 Å². The van der Waals surface area contributed by atoms with E-state index in [1.54, 1.807) is 13.1 Å². The molecule has 6 heteroatoms. The normalized spacial score (nSPS) is 12.1. The molecular weight excluding hydrogens is 200 g/mol. The van der Waals surface area contributed by atoms with E-state index in [9.17, 15) is 9.59 Å². The molecule has 1 heterocycles. The number of methoxy groups -OCH3 is 1. The zero-order valence-electron chi connectivity index (χ0n) is 8.51. The number of aliphatic carboxylic acids is 1. The van der Waals surface area contributed by atoms with Crippen molar-refractivity contribution >= 4 is 11.9 Å². The number of nitrogens with zero attached hydrogens (tertiary/aromatic N) is 2. The van der Waals surface area contributed by atoms with Crippen LogP contribution in [0.1, 0.15) is 29.9 Å². The van der Waals surface area contributed by atoms with Crippen molar-refractivity contribution in [2.24, 2.45) is 0 Å². The second kappa shape index (κ2) is 4.59. The van der Waals surface area contributed by atoms with Gasteiger partial charge in [0.25, 0.3) is 0 Å². The van der Waals surface area contributed by atoms with Crippen molar-refractivity contribution in [1.29, 1.82) is 0 Å². The molecule has 15 heavy (non-hydrogen) atoms. The van der Waals surface area contributed by atoms with Crippen LogP contribution in [0, 0.1) is 0 Å². The zero-order chi connectivity index (χ0) is 11.4. The molecule has 0 saturated heterocycles. The number of carboxylic acids is 1. The Kier molecular flexibility index (Phi) is 3.43. The maximum Gasteiger partial charge on any atom is 0.358 e. The largest absolute Gasteiger partial charge is 0.481 e. The maximum atomic E-state index is 11.1. The first-order valence-corrected chi connectivity index (χ1v) is 4.40. The summed E-state index contributed by atoms with van der Waals surface area (Å²) >= 11 is 0. The summed E-state index contributed by atoms with van der Waals surface area (Å²) < 4.78 is 5.91. The van der Waals surface area contributed by atoms with Gasteiger partial charge < -0.3 is 9.84 Å². The number of hydrogen-bond acceptors (Lipinski definition) is 4. The standard InChI is InChI=1S/C9H12N2O4/c1-6(5-8(12)13)11-4-3-7(10-11)9(14)15-2/h3-4,6H,5H2,1-2H3,(H,12,13)/t6-/m0/s1. The van der Waals surface area contributed by atoms with Crippen molar-refractivity contribution in [2.75, 3.05) is 7.11 Å². The molecule has 1 atom stereocenters. The lowest BCUT2D eigenvalue weighted by Gasteiger charge is -2.08. The number of ether oxygens (including phenoxy) is 1. The van der Waals surface area contributed by atoms with Crippen LogP contribution >= 0.6 is 0 Å². The van der Waals surface area contributed by atoms with Crippen LogP contribution in [0.15, 0.2) is 12.3 Å². The van der Waals surface area contributed by atoms with Gasteiger partial charge in [0.15, 0.2) is 5.69 Å². The van der Waals surface area contributed by atoms with Crippen molar-refractivity contribution in [1.82, 2.24) is 9.78 Å². The summed E-state index contributed by atoms with van der Waals surface area (Å²) in [7, 11) is 1.27. The highest BCUT2D eigenvalue weighted by Crippen LogP contribution is 2.10. The fourth-order valence-electron chi connectivity index (χ4n) is 1.14. The van der Waals surface area contributed by atoms with Crippen molar-refractivity contribution in [3.8, 4) is 0 Å². The lowest BCUT2D eigenvalue weighted by Crippen LogP contribution is -2.12. The van der Waals surface area contributed by atoms with Gasteiger partial charge in [0.05, 0.1) is 19.6 Å². The van der Waals surface area contributed by atoms with Gasteiger partial charge in [-0.05, 0) is 13.0 Å². The molecule has 0 aliphatic rings. The predicted octanol–water partition coefficient (Wildman–Crippen LogP) is 0.705. The molecule has 0 amide bonds. The van der Waals surface area contributed by atoms with Crippen molar-refractivity contribution in [3.05, 3.63) is 18.0 Å². The van der Waals surface area contributed by atoms with Gasteiger partial charge in [0.2, 0.25) is 0 Å². The van der Waals surface area contributed by atoms with E-state index < -0.39 is 11.9 Å². The van der Waals surface area contributed by atoms with Crippen LogP contribution in [0.5, 0.6) is 0 Å². The van der Waals surface area contributed by atoms with Gasteiger partial charge >= 0.3 is 11.9 Å². The number of rotatable bonds is 4. The first-order valence-electron chi connectivity index (χ1n) is 4.40. The van der Waals surface area contributed by atoms with E-state index in [-0.39, 0.29) is 18.2 Å². The molecule has 1 aromatic rings. The van der Waals surface area contributed by atoms with Crippen LogP contribution in [0.4, 0.5) is 0 Å². The molecule has 0 aliphatic heterocycles. The van der Waals surface area contributed by atoms with Crippen LogP contribution in [0.25, 0.3) is 0 Å². The quantitative estimate of drug-likeness (QED) is 0.743. The van der Waals surface area contributed by atoms with E-state index in [2.05, 4.69) is 9.84 Å². The Morgan fingerprint density at radius 2 is 2.33 bits per heavy atom. The van der Waals surface area contributed by atoms with Crippen LogP contribution in [-0.2, 0) is 9.53 Å². The minimum absolute atomic E-state index is 0.0394. The lowest BCUT2D eigenvalue weighted by molar-refractivity contribution is -0.137. The minimum atomic E-state index is -0.905. The Morgan fingerprint density at radius 1 is 1.67 bits per heavy atom. The molecule has 0 aliphatic carbocycles. The van der Waals surface area contributed by atoms with E-state index in [0.717, 1.165) is 0 Å².